The van der Waals surface area contributed by atoms with Crippen molar-refractivity contribution < 1.29 is 4.79 Å². The maximum atomic E-state index is 12.1. The van der Waals surface area contributed by atoms with Crippen molar-refractivity contribution in [3.05, 3.63) is 57.8 Å². The average Bonchev–Trinajstić information content (AvgIpc) is 2.94. The monoisotopic (exact) mass is 242 g/mol. The molecule has 0 spiro atoms. The van der Waals surface area contributed by atoms with Gasteiger partial charge in [0.1, 0.15) is 0 Å². The lowest BCUT2D eigenvalue weighted by Gasteiger charge is -2.00. The first-order valence-electron chi connectivity index (χ1n) is 5.90. The van der Waals surface area contributed by atoms with Crippen molar-refractivity contribution >= 4 is 17.1 Å². The van der Waals surface area contributed by atoms with Gasteiger partial charge in [-0.3, -0.25) is 4.79 Å². The van der Waals surface area contributed by atoms with E-state index >= 15 is 0 Å². The number of benzene rings is 1. The largest absolute Gasteiger partial charge is 0.293 e. The van der Waals surface area contributed by atoms with Crippen LogP contribution in [0.3, 0.4) is 0 Å². The highest BCUT2D eigenvalue weighted by molar-refractivity contribution is 7.12. The quantitative estimate of drug-likeness (QED) is 0.742. The summed E-state index contributed by atoms with van der Waals surface area (Å²) in [4.78, 5) is 13.0. The molecule has 1 aliphatic carbocycles. The summed E-state index contributed by atoms with van der Waals surface area (Å²) in [5.74, 6) is 0.993. The summed E-state index contributed by atoms with van der Waals surface area (Å²) in [7, 11) is 0. The Labute approximate surface area is 105 Å². The Kier molecular flexibility index (Phi) is 2.60. The zero-order valence-corrected chi connectivity index (χ0v) is 10.5. The van der Waals surface area contributed by atoms with E-state index in [1.54, 1.807) is 11.3 Å². The summed E-state index contributed by atoms with van der Waals surface area (Å²) >= 11 is 1.55. The number of rotatable bonds is 3. The molecule has 2 heteroatoms. The maximum Gasteiger partial charge on any atom is 0.176 e. The number of aryl methyl sites for hydroxylation is 1. The van der Waals surface area contributed by atoms with E-state index in [9.17, 15) is 4.79 Å². The van der Waals surface area contributed by atoms with Crippen LogP contribution >= 0.6 is 11.3 Å². The van der Waals surface area contributed by atoms with E-state index in [1.165, 1.54) is 11.1 Å². The standard InChI is InChI=1S/C15H14OS/c1-10-4-6-11(7-5-10)12-9-13(12)15(16)14-3-2-8-17-14/h2-8,12-13H,9H2,1H3. The molecule has 0 bridgehead atoms. The highest BCUT2D eigenvalue weighted by Crippen LogP contribution is 2.49. The van der Waals surface area contributed by atoms with Crippen LogP contribution in [0.4, 0.5) is 0 Å². The predicted octanol–water partition coefficient (Wildman–Crippen LogP) is 4.04. The molecule has 0 aliphatic heterocycles. The molecule has 1 heterocycles. The van der Waals surface area contributed by atoms with Crippen LogP contribution in [0.2, 0.25) is 0 Å². The first kappa shape index (κ1) is 10.7. The third kappa shape index (κ3) is 2.05. The van der Waals surface area contributed by atoms with Crippen LogP contribution in [0.25, 0.3) is 0 Å². The molecule has 1 aromatic heterocycles. The van der Waals surface area contributed by atoms with E-state index in [4.69, 9.17) is 0 Å². The van der Waals surface area contributed by atoms with Gasteiger partial charge in [-0.15, -0.1) is 11.3 Å². The van der Waals surface area contributed by atoms with Gasteiger partial charge < -0.3 is 0 Å². The Morgan fingerprint density at radius 2 is 2.00 bits per heavy atom. The molecule has 3 rings (SSSR count). The van der Waals surface area contributed by atoms with Gasteiger partial charge in [-0.25, -0.2) is 0 Å². The number of Topliss-reactive ketones (excluding diaryl/α,β-unsaturated/α-hetero) is 1. The molecular formula is C15H14OS. The van der Waals surface area contributed by atoms with Gasteiger partial charge in [0.05, 0.1) is 4.88 Å². The van der Waals surface area contributed by atoms with E-state index in [1.807, 2.05) is 17.5 Å². The van der Waals surface area contributed by atoms with E-state index in [2.05, 4.69) is 31.2 Å². The van der Waals surface area contributed by atoms with Crippen molar-refractivity contribution in [1.82, 2.24) is 0 Å². The average molecular weight is 242 g/mol. The molecule has 1 saturated carbocycles. The number of hydrogen-bond acceptors (Lipinski definition) is 2. The molecule has 17 heavy (non-hydrogen) atoms. The first-order chi connectivity index (χ1) is 8.25. The van der Waals surface area contributed by atoms with Crippen LogP contribution in [-0.4, -0.2) is 5.78 Å². The van der Waals surface area contributed by atoms with Crippen molar-refractivity contribution in [2.24, 2.45) is 5.92 Å². The highest BCUT2D eigenvalue weighted by atomic mass is 32.1. The Morgan fingerprint density at radius 1 is 1.24 bits per heavy atom. The van der Waals surface area contributed by atoms with Crippen LogP contribution in [0, 0.1) is 12.8 Å². The summed E-state index contributed by atoms with van der Waals surface area (Å²) in [5, 5.41) is 1.97. The molecular weight excluding hydrogens is 228 g/mol. The Morgan fingerprint density at radius 3 is 2.65 bits per heavy atom. The van der Waals surface area contributed by atoms with Gasteiger partial charge >= 0.3 is 0 Å². The first-order valence-corrected chi connectivity index (χ1v) is 6.78. The Bertz CT molecular complexity index is 525. The summed E-state index contributed by atoms with van der Waals surface area (Å²) in [6.07, 6.45) is 1.01. The van der Waals surface area contributed by atoms with Gasteiger partial charge in [-0.2, -0.15) is 0 Å². The fraction of sp³-hybridized carbons (Fsp3) is 0.267. The lowest BCUT2D eigenvalue weighted by Crippen LogP contribution is -2.00. The summed E-state index contributed by atoms with van der Waals surface area (Å²) < 4.78 is 0. The summed E-state index contributed by atoms with van der Waals surface area (Å²) in [6, 6.07) is 12.4. The van der Waals surface area contributed by atoms with Gasteiger partial charge in [0, 0.05) is 5.92 Å². The van der Waals surface area contributed by atoms with Gasteiger partial charge in [0.15, 0.2) is 5.78 Å². The van der Waals surface area contributed by atoms with Crippen molar-refractivity contribution in [2.75, 3.05) is 0 Å². The van der Waals surface area contributed by atoms with Crippen LogP contribution in [0.15, 0.2) is 41.8 Å². The second kappa shape index (κ2) is 4.11. The Balaban J connectivity index is 1.74. The Hall–Kier alpha value is -1.41. The third-order valence-electron chi connectivity index (χ3n) is 3.40. The lowest BCUT2D eigenvalue weighted by molar-refractivity contribution is 0.0969. The van der Waals surface area contributed by atoms with Crippen molar-refractivity contribution in [2.45, 2.75) is 19.3 Å². The zero-order valence-electron chi connectivity index (χ0n) is 9.72. The minimum Gasteiger partial charge on any atom is -0.293 e. The van der Waals surface area contributed by atoms with E-state index < -0.39 is 0 Å². The molecule has 2 aromatic rings. The maximum absolute atomic E-state index is 12.1. The van der Waals surface area contributed by atoms with Crippen LogP contribution in [-0.2, 0) is 0 Å². The molecule has 0 N–H and O–H groups in total. The molecule has 0 saturated heterocycles. The third-order valence-corrected chi connectivity index (χ3v) is 4.28. The minimum atomic E-state index is 0.219. The second-order valence-corrected chi connectivity index (χ2v) is 5.65. The number of hydrogen-bond donors (Lipinski definition) is 0. The SMILES string of the molecule is Cc1ccc(C2CC2C(=O)c2cccs2)cc1. The number of thiophene rings is 1. The molecule has 1 nitrogen and oxygen atoms in total. The molecule has 0 amide bonds. The number of ketones is 1. The van der Waals surface area contributed by atoms with Gasteiger partial charge in [-0.1, -0.05) is 35.9 Å². The van der Waals surface area contributed by atoms with Crippen molar-refractivity contribution in [3.63, 3.8) is 0 Å². The van der Waals surface area contributed by atoms with Crippen molar-refractivity contribution in [3.8, 4) is 0 Å². The van der Waals surface area contributed by atoms with E-state index in [0.29, 0.717) is 11.7 Å². The van der Waals surface area contributed by atoms with Crippen molar-refractivity contribution in [1.29, 1.82) is 0 Å². The normalized spacial score (nSPS) is 22.4. The van der Waals surface area contributed by atoms with Crippen LogP contribution in [0.5, 0.6) is 0 Å². The molecule has 1 aliphatic rings. The zero-order chi connectivity index (χ0) is 11.8. The van der Waals surface area contributed by atoms with Gasteiger partial charge in [0.2, 0.25) is 0 Å². The van der Waals surface area contributed by atoms with E-state index in [0.717, 1.165) is 11.3 Å². The fourth-order valence-electron chi connectivity index (χ4n) is 2.27. The molecule has 2 atom stereocenters. The van der Waals surface area contributed by atoms with Crippen LogP contribution in [0.1, 0.15) is 33.1 Å². The smallest absolute Gasteiger partial charge is 0.176 e. The molecule has 1 aromatic carbocycles. The van der Waals surface area contributed by atoms with Gasteiger partial charge in [-0.05, 0) is 36.3 Å². The van der Waals surface area contributed by atoms with Crippen LogP contribution < -0.4 is 0 Å². The lowest BCUT2D eigenvalue weighted by atomic mass is 10.1. The number of carbonyl (C=O) groups excluding carboxylic acids is 1. The fourth-order valence-corrected chi connectivity index (χ4v) is 3.00. The van der Waals surface area contributed by atoms with Gasteiger partial charge in [0.25, 0.3) is 0 Å². The topological polar surface area (TPSA) is 17.1 Å². The van der Waals surface area contributed by atoms with E-state index in [-0.39, 0.29) is 5.92 Å². The summed E-state index contributed by atoms with van der Waals surface area (Å²) in [6.45, 7) is 2.09. The summed E-state index contributed by atoms with van der Waals surface area (Å²) in [5.41, 5.74) is 2.58. The molecule has 0 radical (unpaired) electrons. The molecule has 1 fully saturated rings. The highest BCUT2D eigenvalue weighted by Gasteiger charge is 2.44. The molecule has 2 unspecified atom stereocenters. The molecule has 86 valence electrons. The second-order valence-electron chi connectivity index (χ2n) is 4.70. The predicted molar refractivity (Wildman–Crippen MR) is 70.7 cm³/mol. The minimum absolute atomic E-state index is 0.219. The number of carbonyl (C=O) groups is 1.